The van der Waals surface area contributed by atoms with Crippen molar-refractivity contribution in [1.29, 1.82) is 15.8 Å². The number of anilines is 12. The van der Waals surface area contributed by atoms with Crippen molar-refractivity contribution in [3.63, 3.8) is 0 Å². The minimum atomic E-state index is -0.842. The van der Waals surface area contributed by atoms with E-state index in [1.807, 2.05) is 146 Å². The zero-order valence-corrected chi connectivity index (χ0v) is 73.8. The first-order chi connectivity index (χ1) is 65.7. The molecule has 20 rings (SSSR count). The lowest BCUT2D eigenvalue weighted by Crippen LogP contribution is -2.15. The molecule has 0 spiro atoms. The van der Waals surface area contributed by atoms with Crippen LogP contribution in [-0.2, 0) is 10.8 Å². The summed E-state index contributed by atoms with van der Waals surface area (Å²) >= 11 is 0. The van der Waals surface area contributed by atoms with Crippen molar-refractivity contribution in [2.24, 2.45) is 0 Å². The molecule has 0 saturated carbocycles. The first kappa shape index (κ1) is 87.4. The Bertz CT molecular complexity index is 7990. The lowest BCUT2D eigenvalue weighted by molar-refractivity contribution is 0.580. The van der Waals surface area contributed by atoms with Crippen LogP contribution in [0.25, 0.3) is 124 Å². The van der Waals surface area contributed by atoms with Crippen LogP contribution in [0.5, 0.6) is 0 Å². The quantitative estimate of drug-likeness (QED) is 0.0540. The summed E-state index contributed by atoms with van der Waals surface area (Å²) in [6.07, 6.45) is 0. The summed E-state index contributed by atoms with van der Waals surface area (Å²) in [4.78, 5) is 17.5. The van der Waals surface area contributed by atoms with Gasteiger partial charge in [-0.15, -0.1) is 0 Å². The van der Waals surface area contributed by atoms with Gasteiger partial charge in [-0.1, -0.05) is 224 Å². The predicted octanol–water partition coefficient (Wildman–Crippen LogP) is 34.7. The maximum atomic E-state index is 16.8. The summed E-state index contributed by atoms with van der Waals surface area (Å²) < 4.78 is 131. The third kappa shape index (κ3) is 15.8. The van der Waals surface area contributed by atoms with E-state index in [1.165, 1.54) is 12.1 Å². The van der Waals surface area contributed by atoms with Gasteiger partial charge in [-0.3, -0.25) is 0 Å². The highest BCUT2D eigenvalue weighted by molar-refractivity contribution is 6.30. The summed E-state index contributed by atoms with van der Waals surface area (Å²) in [5, 5.41) is 38.5. The van der Waals surface area contributed by atoms with Gasteiger partial charge in [0.15, 0.2) is 17.1 Å². The second-order valence-electron chi connectivity index (χ2n) is 35.2. The van der Waals surface area contributed by atoms with Gasteiger partial charge in [-0.2, -0.15) is 15.8 Å². The SMILES string of the molecule is [C-]#[N+]c1ccc(-c2cc(N(c3ccc([N+]#[C-])cc3)c3ccc4ccc5c(N(c6ccc(C#N)cc6)c6cc(-c7ccc(C#N)cc7)c(F)cc6F)ccc6ccc3c4c65)c(F)cc2F)cc1.[C-]#[N+]c1ccc(N(c2cc(-c3ccccc3C(C)(C)C)c(F)cc2F)c2ccc3ccc4c(N(c5ccc(C#N)cc5)c5cc(-c6ccccc6C(C)(C)C)c(F)cc5F)ccc5ccc2c3c54)cc1. The average Bonchev–Trinajstić information content (AvgIpc) is 0.716. The van der Waals surface area contributed by atoms with Crippen molar-refractivity contribution < 1.29 is 35.1 Å². The number of nitriles is 3. The van der Waals surface area contributed by atoms with Crippen molar-refractivity contribution in [2.75, 3.05) is 19.6 Å². The molecule has 0 radical (unpaired) electrons. The third-order valence-corrected chi connectivity index (χ3v) is 25.0. The molecule has 0 fully saturated rings. The molecule has 20 aromatic rings. The van der Waals surface area contributed by atoms with Gasteiger partial charge in [0.1, 0.15) is 46.5 Å². The minimum Gasteiger partial charge on any atom is -0.307 e. The predicted molar refractivity (Wildman–Crippen MR) is 531 cm³/mol. The van der Waals surface area contributed by atoms with Crippen molar-refractivity contribution in [3.05, 3.63) is 448 Å². The Morgan fingerprint density at radius 3 is 0.728 bits per heavy atom. The van der Waals surface area contributed by atoms with E-state index < -0.39 is 46.5 Å². The zero-order chi connectivity index (χ0) is 94.9. The molecule has 10 nitrogen and oxygen atoms in total. The molecule has 0 amide bonds. The molecule has 0 saturated heterocycles. The van der Waals surface area contributed by atoms with Gasteiger partial charge in [0.05, 0.1) is 100 Å². The van der Waals surface area contributed by atoms with Crippen molar-refractivity contribution in [2.45, 2.75) is 52.4 Å². The van der Waals surface area contributed by atoms with Gasteiger partial charge in [0, 0.05) is 90.8 Å². The summed E-state index contributed by atoms with van der Waals surface area (Å²) in [5.74, 6) is -6.21. The second-order valence-corrected chi connectivity index (χ2v) is 35.2. The van der Waals surface area contributed by atoms with E-state index in [0.717, 1.165) is 89.3 Å². The van der Waals surface area contributed by atoms with E-state index in [0.29, 0.717) is 112 Å². The first-order valence-electron chi connectivity index (χ1n) is 43.4. The lowest BCUT2D eigenvalue weighted by atomic mass is 9.81. The number of hydrogen-bond donors (Lipinski definition) is 0. The fourth-order valence-corrected chi connectivity index (χ4v) is 18.5. The van der Waals surface area contributed by atoms with E-state index in [4.69, 9.17) is 19.7 Å². The molecule has 18 heteroatoms. The molecule has 652 valence electrons. The second kappa shape index (κ2) is 35.1. The van der Waals surface area contributed by atoms with Gasteiger partial charge >= 0.3 is 0 Å². The van der Waals surface area contributed by atoms with Crippen molar-refractivity contribution >= 4 is 150 Å². The fraction of sp³-hybridized carbons (Fsp3) is 0.0678. The Morgan fingerprint density at radius 2 is 0.463 bits per heavy atom. The third-order valence-electron chi connectivity index (χ3n) is 25.0. The van der Waals surface area contributed by atoms with Crippen molar-refractivity contribution in [1.82, 2.24) is 0 Å². The first-order valence-corrected chi connectivity index (χ1v) is 43.4. The summed E-state index contributed by atoms with van der Waals surface area (Å²) in [7, 11) is 0. The number of benzene rings is 20. The molecule has 0 aliphatic heterocycles. The monoisotopic (exact) mass is 1780 g/mol. The average molecular weight is 1780 g/mol. The zero-order valence-electron chi connectivity index (χ0n) is 73.8. The van der Waals surface area contributed by atoms with Gasteiger partial charge < -0.3 is 19.6 Å². The molecule has 0 atom stereocenters. The molecule has 0 N–H and O–H groups in total. The van der Waals surface area contributed by atoms with E-state index in [9.17, 15) is 15.8 Å². The van der Waals surface area contributed by atoms with Crippen molar-refractivity contribution in [3.8, 4) is 62.7 Å². The lowest BCUT2D eigenvalue weighted by Gasteiger charge is -2.30. The van der Waals surface area contributed by atoms with E-state index in [-0.39, 0.29) is 55.8 Å². The highest BCUT2D eigenvalue weighted by atomic mass is 19.2. The fourth-order valence-electron chi connectivity index (χ4n) is 18.5. The normalized spacial score (nSPS) is 11.4. The van der Waals surface area contributed by atoms with Crippen LogP contribution < -0.4 is 19.6 Å². The van der Waals surface area contributed by atoms with E-state index >= 15 is 35.1 Å². The molecule has 0 heterocycles. The molecular formula is C118H74F8N10. The Morgan fingerprint density at radius 1 is 0.235 bits per heavy atom. The Hall–Kier alpha value is -17.9. The van der Waals surface area contributed by atoms with Crippen LogP contribution in [0.2, 0.25) is 0 Å². The van der Waals surface area contributed by atoms with Crippen LogP contribution in [0.15, 0.2) is 340 Å². The Balaban J connectivity index is 0.000000175. The maximum absolute atomic E-state index is 16.8. The molecule has 20 aromatic carbocycles. The standard InChI is InChI=1S/C62H46F4N4.C56H28F4N6/c1-61(2,3)49-14-10-8-12-43(49)47-32-57(53(65)34-51(47)63)69(41-24-16-37(36-67)17-25-41)55-30-20-38-19-29-46-56(31-21-39-18-28-45(55)59(38)60(39)46)70(42-26-22-40(68-7)23-27-42)58-33-48(52(64)35-54(58)66)44-13-9-11-15-50(44)62(4,5)6;1-63-39-15-9-36(10-16-39)46-28-54(50(60)30-48(46)58)66(42-21-17-40(64-2)18-22-42)52-26-14-38-11-23-43-51(25-13-37-12-24-44(52)56(38)55(37)43)65(41-19-5-34(32-62)6-20-41)53-27-45(47(57)29-49(53)59)35-7-3-33(31-61)4-8-35/h8-35H,1-6H3;3-30H. The smallest absolute Gasteiger partial charge is 0.187 e. The summed E-state index contributed by atoms with van der Waals surface area (Å²) in [5.41, 5.74) is 10.9. The minimum absolute atomic E-state index is 0.0246. The van der Waals surface area contributed by atoms with Crippen LogP contribution in [-0.4, -0.2) is 0 Å². The molecule has 0 aliphatic rings. The van der Waals surface area contributed by atoms with Crippen LogP contribution in [0.4, 0.5) is 120 Å². The molecular weight excluding hydrogens is 1710 g/mol. The largest absolute Gasteiger partial charge is 0.307 e. The van der Waals surface area contributed by atoms with Gasteiger partial charge in [-0.05, 0) is 221 Å². The molecule has 0 aromatic heterocycles. The summed E-state index contributed by atoms with van der Waals surface area (Å²) in [6, 6.07) is 102. The highest BCUT2D eigenvalue weighted by Crippen LogP contribution is 2.54. The van der Waals surface area contributed by atoms with Gasteiger partial charge in [-0.25, -0.2) is 49.7 Å². The van der Waals surface area contributed by atoms with Crippen LogP contribution in [0.3, 0.4) is 0 Å². The van der Waals surface area contributed by atoms with E-state index in [1.54, 1.807) is 177 Å². The Labute approximate surface area is 779 Å². The topological polar surface area (TPSA) is 97.4 Å². The number of hydrogen-bond acceptors (Lipinski definition) is 7. The maximum Gasteiger partial charge on any atom is 0.187 e. The molecule has 136 heavy (non-hydrogen) atoms. The van der Waals surface area contributed by atoms with Gasteiger partial charge in [0.2, 0.25) is 0 Å². The number of nitrogens with zero attached hydrogens (tertiary/aromatic N) is 10. The molecule has 0 aliphatic carbocycles. The van der Waals surface area contributed by atoms with E-state index in [2.05, 4.69) is 74.3 Å². The number of rotatable bonds is 16. The van der Waals surface area contributed by atoms with Crippen LogP contribution in [0, 0.1) is 100 Å². The highest BCUT2D eigenvalue weighted by Gasteiger charge is 2.33. The molecule has 0 bridgehead atoms. The van der Waals surface area contributed by atoms with Gasteiger partial charge in [0.25, 0.3) is 0 Å². The number of halogens is 8. The Kier molecular flexibility index (Phi) is 22.5. The van der Waals surface area contributed by atoms with Crippen LogP contribution in [0.1, 0.15) is 69.4 Å². The summed E-state index contributed by atoms with van der Waals surface area (Å²) in [6.45, 7) is 34.9. The molecule has 0 unspecified atom stereocenters. The van der Waals surface area contributed by atoms with Crippen LogP contribution >= 0.6 is 0 Å².